The van der Waals surface area contributed by atoms with E-state index in [0.29, 0.717) is 16.5 Å². The number of imidazole rings is 1. The maximum Gasteiger partial charge on any atom is 0.150 e. The lowest BCUT2D eigenvalue weighted by molar-refractivity contribution is 0.631. The van der Waals surface area contributed by atoms with Gasteiger partial charge in [0, 0.05) is 0 Å². The van der Waals surface area contributed by atoms with Gasteiger partial charge >= 0.3 is 0 Å². The monoisotopic (exact) mass is 225 g/mol. The first-order valence-corrected chi connectivity index (χ1v) is 4.74. The van der Waals surface area contributed by atoms with Gasteiger partial charge in [-0.15, -0.1) is 0 Å². The fraction of sp³-hybridized carbons (Fsp3) is 0.100. The van der Waals surface area contributed by atoms with E-state index in [9.17, 15) is 4.39 Å². The molecule has 2 rings (SSSR count). The van der Waals surface area contributed by atoms with Gasteiger partial charge in [0.2, 0.25) is 0 Å². The fourth-order valence-electron chi connectivity index (χ4n) is 1.44. The Kier molecular flexibility index (Phi) is 2.36. The van der Waals surface area contributed by atoms with E-state index in [-0.39, 0.29) is 11.4 Å². The lowest BCUT2D eigenvalue weighted by Gasteiger charge is -2.03. The molecule has 0 radical (unpaired) electrons. The van der Waals surface area contributed by atoms with Gasteiger partial charge in [0.05, 0.1) is 16.3 Å². The van der Waals surface area contributed by atoms with Gasteiger partial charge in [-0.05, 0) is 19.1 Å². The van der Waals surface area contributed by atoms with Crippen molar-refractivity contribution in [3.05, 3.63) is 34.9 Å². The Balaban J connectivity index is 2.68. The highest BCUT2D eigenvalue weighted by molar-refractivity contribution is 6.33. The Morgan fingerprint density at radius 3 is 2.73 bits per heavy atom. The van der Waals surface area contributed by atoms with Crippen LogP contribution in [0.2, 0.25) is 5.02 Å². The molecule has 0 aliphatic heterocycles. The minimum absolute atomic E-state index is 0.250. The van der Waals surface area contributed by atoms with Crippen molar-refractivity contribution in [2.75, 3.05) is 5.73 Å². The van der Waals surface area contributed by atoms with Crippen molar-refractivity contribution in [3.63, 3.8) is 0 Å². The van der Waals surface area contributed by atoms with Crippen LogP contribution in [0.25, 0.3) is 11.3 Å². The summed E-state index contributed by atoms with van der Waals surface area (Å²) >= 11 is 5.90. The molecule has 3 N–H and O–H groups in total. The second kappa shape index (κ2) is 3.55. The smallest absolute Gasteiger partial charge is 0.150 e. The summed E-state index contributed by atoms with van der Waals surface area (Å²) in [7, 11) is 0. The molecule has 3 nitrogen and oxygen atoms in total. The first kappa shape index (κ1) is 9.98. The number of rotatable bonds is 1. The predicted octanol–water partition coefficient (Wildman–Crippen LogP) is 2.76. The van der Waals surface area contributed by atoms with E-state index in [2.05, 4.69) is 9.97 Å². The Labute approximate surface area is 91.1 Å². The number of nitrogens with zero attached hydrogens (tertiary/aromatic N) is 1. The molecule has 0 unspecified atom stereocenters. The quantitative estimate of drug-likeness (QED) is 0.784. The molecule has 1 aromatic carbocycles. The van der Waals surface area contributed by atoms with E-state index in [0.717, 1.165) is 0 Å². The van der Waals surface area contributed by atoms with Crippen molar-refractivity contribution >= 4 is 17.4 Å². The first-order chi connectivity index (χ1) is 7.09. The number of H-pyrrole nitrogens is 1. The van der Waals surface area contributed by atoms with Crippen LogP contribution in [-0.4, -0.2) is 9.97 Å². The van der Waals surface area contributed by atoms with Gasteiger partial charge in [-0.25, -0.2) is 9.37 Å². The van der Waals surface area contributed by atoms with Gasteiger partial charge in [0.15, 0.2) is 0 Å². The maximum absolute atomic E-state index is 13.5. The van der Waals surface area contributed by atoms with Crippen molar-refractivity contribution in [2.24, 2.45) is 0 Å². The Bertz CT molecular complexity index is 487. The molecule has 0 bridgehead atoms. The zero-order chi connectivity index (χ0) is 11.0. The molecule has 0 aliphatic rings. The van der Waals surface area contributed by atoms with Crippen LogP contribution in [0.1, 0.15) is 5.82 Å². The van der Waals surface area contributed by atoms with Crippen LogP contribution in [0.4, 0.5) is 10.2 Å². The molecule has 0 fully saturated rings. The number of aryl methyl sites for hydroxylation is 1. The molecule has 0 atom stereocenters. The summed E-state index contributed by atoms with van der Waals surface area (Å²) in [5.41, 5.74) is 6.33. The van der Waals surface area contributed by atoms with Crippen molar-refractivity contribution < 1.29 is 4.39 Å². The largest absolute Gasteiger partial charge is 0.382 e. The maximum atomic E-state index is 13.5. The second-order valence-corrected chi connectivity index (χ2v) is 3.59. The molecule has 1 heterocycles. The van der Waals surface area contributed by atoms with Crippen LogP contribution < -0.4 is 5.73 Å². The average molecular weight is 226 g/mol. The number of aromatic amines is 1. The summed E-state index contributed by atoms with van der Waals surface area (Å²) in [5.74, 6) is 0.458. The van der Waals surface area contributed by atoms with E-state index in [1.165, 1.54) is 6.07 Å². The number of nitrogen functional groups attached to an aromatic ring is 1. The lowest BCUT2D eigenvalue weighted by Crippen LogP contribution is -1.92. The first-order valence-electron chi connectivity index (χ1n) is 4.36. The number of hydrogen-bond acceptors (Lipinski definition) is 2. The summed E-state index contributed by atoms with van der Waals surface area (Å²) < 4.78 is 13.5. The molecule has 5 heteroatoms. The summed E-state index contributed by atoms with van der Waals surface area (Å²) in [6, 6.07) is 4.48. The predicted molar refractivity (Wildman–Crippen MR) is 58.1 cm³/mol. The molecule has 1 aromatic heterocycles. The molecular weight excluding hydrogens is 217 g/mol. The SMILES string of the molecule is Cc1nc(N)c(-c2c(F)cccc2Cl)[nH]1. The van der Waals surface area contributed by atoms with Crippen molar-refractivity contribution in [3.8, 4) is 11.3 Å². The number of aromatic nitrogens is 2. The van der Waals surface area contributed by atoms with Gasteiger partial charge in [0.1, 0.15) is 17.5 Å². The standard InChI is InChI=1S/C10H9ClFN3/c1-5-14-9(10(13)15-5)8-6(11)3-2-4-7(8)12/h2-4H,13H2,1H3,(H,14,15). The molecule has 78 valence electrons. The Morgan fingerprint density at radius 1 is 1.47 bits per heavy atom. The molecule has 0 spiro atoms. The Morgan fingerprint density at radius 2 is 2.20 bits per heavy atom. The highest BCUT2D eigenvalue weighted by Gasteiger charge is 2.15. The van der Waals surface area contributed by atoms with E-state index in [1.54, 1.807) is 19.1 Å². The third-order valence-corrected chi connectivity index (χ3v) is 2.38. The number of anilines is 1. The van der Waals surface area contributed by atoms with Crippen LogP contribution in [-0.2, 0) is 0 Å². The molecule has 0 saturated carbocycles. The molecule has 0 saturated heterocycles. The van der Waals surface area contributed by atoms with Crippen LogP contribution in [0.15, 0.2) is 18.2 Å². The van der Waals surface area contributed by atoms with Crippen molar-refractivity contribution in [1.82, 2.24) is 9.97 Å². The average Bonchev–Trinajstić information content (AvgIpc) is 2.45. The molecule has 0 aliphatic carbocycles. The second-order valence-electron chi connectivity index (χ2n) is 3.18. The number of hydrogen-bond donors (Lipinski definition) is 2. The molecule has 2 aromatic rings. The van der Waals surface area contributed by atoms with Crippen LogP contribution in [0, 0.1) is 12.7 Å². The summed E-state index contributed by atoms with van der Waals surface area (Å²) in [4.78, 5) is 6.85. The van der Waals surface area contributed by atoms with Crippen LogP contribution >= 0.6 is 11.6 Å². The molecular formula is C10H9ClFN3. The number of benzene rings is 1. The molecule has 0 amide bonds. The van der Waals surface area contributed by atoms with Crippen LogP contribution in [0.3, 0.4) is 0 Å². The van der Waals surface area contributed by atoms with E-state index in [1.807, 2.05) is 0 Å². The number of halogens is 2. The summed E-state index contributed by atoms with van der Waals surface area (Å²) in [6.45, 7) is 1.74. The summed E-state index contributed by atoms with van der Waals surface area (Å²) in [6.07, 6.45) is 0. The minimum atomic E-state index is -0.419. The van der Waals surface area contributed by atoms with Crippen molar-refractivity contribution in [1.29, 1.82) is 0 Å². The summed E-state index contributed by atoms with van der Waals surface area (Å²) in [5, 5.41) is 0.311. The highest BCUT2D eigenvalue weighted by Crippen LogP contribution is 2.32. The van der Waals surface area contributed by atoms with E-state index in [4.69, 9.17) is 17.3 Å². The van der Waals surface area contributed by atoms with Crippen molar-refractivity contribution in [2.45, 2.75) is 6.92 Å². The van der Waals surface area contributed by atoms with Gasteiger partial charge in [-0.2, -0.15) is 0 Å². The third kappa shape index (κ3) is 1.68. The van der Waals surface area contributed by atoms with Gasteiger partial charge in [-0.3, -0.25) is 0 Å². The fourth-order valence-corrected chi connectivity index (χ4v) is 1.69. The third-order valence-electron chi connectivity index (χ3n) is 2.06. The Hall–Kier alpha value is -1.55. The van der Waals surface area contributed by atoms with Crippen LogP contribution in [0.5, 0.6) is 0 Å². The van der Waals surface area contributed by atoms with Gasteiger partial charge in [0.25, 0.3) is 0 Å². The van der Waals surface area contributed by atoms with E-state index < -0.39 is 5.82 Å². The van der Waals surface area contributed by atoms with Gasteiger partial charge < -0.3 is 10.7 Å². The highest BCUT2D eigenvalue weighted by atomic mass is 35.5. The minimum Gasteiger partial charge on any atom is -0.382 e. The lowest BCUT2D eigenvalue weighted by atomic mass is 10.1. The van der Waals surface area contributed by atoms with E-state index >= 15 is 0 Å². The molecule has 15 heavy (non-hydrogen) atoms. The van der Waals surface area contributed by atoms with Gasteiger partial charge in [-0.1, -0.05) is 17.7 Å². The zero-order valence-corrected chi connectivity index (χ0v) is 8.77. The normalized spacial score (nSPS) is 10.6. The number of nitrogens with two attached hydrogens (primary N) is 1. The zero-order valence-electron chi connectivity index (χ0n) is 8.01. The topological polar surface area (TPSA) is 54.7 Å². The number of nitrogens with one attached hydrogen (secondary N) is 1.